The molecule has 0 unspecified atom stereocenters. The fraction of sp³-hybridized carbons (Fsp3) is 0.500. The van der Waals surface area contributed by atoms with Crippen molar-refractivity contribution in [3.8, 4) is 0 Å². The Bertz CT molecular complexity index is 361. The topological polar surface area (TPSA) is 17.1 Å². The maximum absolute atomic E-state index is 11.0. The lowest BCUT2D eigenvalue weighted by atomic mass is 9.69. The Morgan fingerprint density at radius 3 is 2.60 bits per heavy atom. The monoisotopic (exact) mass is 202 g/mol. The van der Waals surface area contributed by atoms with Crippen molar-refractivity contribution in [2.45, 2.75) is 39.0 Å². The SMILES string of the molecule is CC(=O)CC1CC(c2ccccc2C)C1. The maximum Gasteiger partial charge on any atom is 0.130 e. The zero-order valence-electron chi connectivity index (χ0n) is 9.49. The van der Waals surface area contributed by atoms with E-state index in [1.807, 2.05) is 0 Å². The molecule has 1 saturated carbocycles. The van der Waals surface area contributed by atoms with Gasteiger partial charge >= 0.3 is 0 Å². The third-order valence-corrected chi connectivity index (χ3v) is 3.44. The molecule has 0 N–H and O–H groups in total. The number of carbonyl (C=O) groups is 1. The van der Waals surface area contributed by atoms with Gasteiger partial charge in [0.25, 0.3) is 0 Å². The van der Waals surface area contributed by atoms with Crippen LogP contribution in [-0.2, 0) is 4.79 Å². The molecule has 0 atom stereocenters. The summed E-state index contributed by atoms with van der Waals surface area (Å²) in [6, 6.07) is 8.60. The molecule has 1 aliphatic rings. The highest BCUT2D eigenvalue weighted by atomic mass is 16.1. The third kappa shape index (κ3) is 2.28. The Balaban J connectivity index is 1.95. The lowest BCUT2D eigenvalue weighted by Crippen LogP contribution is -2.24. The predicted molar refractivity (Wildman–Crippen MR) is 61.9 cm³/mol. The van der Waals surface area contributed by atoms with Gasteiger partial charge in [0, 0.05) is 6.42 Å². The molecule has 0 bridgehead atoms. The molecule has 0 heterocycles. The van der Waals surface area contributed by atoms with Crippen LogP contribution in [0.15, 0.2) is 24.3 Å². The first kappa shape index (κ1) is 10.4. The van der Waals surface area contributed by atoms with Crippen LogP contribution >= 0.6 is 0 Å². The lowest BCUT2D eigenvalue weighted by Gasteiger charge is -2.36. The van der Waals surface area contributed by atoms with E-state index < -0.39 is 0 Å². The zero-order chi connectivity index (χ0) is 10.8. The molecule has 1 aromatic rings. The molecule has 1 aliphatic carbocycles. The third-order valence-electron chi connectivity index (χ3n) is 3.44. The summed E-state index contributed by atoms with van der Waals surface area (Å²) in [5.74, 6) is 1.69. The Morgan fingerprint density at radius 2 is 2.00 bits per heavy atom. The normalized spacial score (nSPS) is 24.7. The molecule has 0 amide bonds. The Labute approximate surface area is 91.5 Å². The van der Waals surface area contributed by atoms with Gasteiger partial charge in [-0.15, -0.1) is 0 Å². The number of ketones is 1. The molecule has 0 saturated heterocycles. The van der Waals surface area contributed by atoms with Crippen LogP contribution in [0.3, 0.4) is 0 Å². The summed E-state index contributed by atoms with van der Waals surface area (Å²) < 4.78 is 0. The van der Waals surface area contributed by atoms with Crippen molar-refractivity contribution in [2.75, 3.05) is 0 Å². The number of hydrogen-bond donors (Lipinski definition) is 0. The van der Waals surface area contributed by atoms with Gasteiger partial charge in [0.2, 0.25) is 0 Å². The maximum atomic E-state index is 11.0. The molecule has 1 fully saturated rings. The predicted octanol–water partition coefficient (Wildman–Crippen LogP) is 3.47. The Kier molecular flexibility index (Phi) is 2.90. The van der Waals surface area contributed by atoms with Crippen molar-refractivity contribution >= 4 is 5.78 Å². The average Bonchev–Trinajstić information content (AvgIpc) is 2.12. The molecule has 15 heavy (non-hydrogen) atoms. The Hall–Kier alpha value is -1.11. The quantitative estimate of drug-likeness (QED) is 0.733. The van der Waals surface area contributed by atoms with Crippen molar-refractivity contribution in [2.24, 2.45) is 5.92 Å². The summed E-state index contributed by atoms with van der Waals surface area (Å²) in [5.41, 5.74) is 2.88. The molecular formula is C14H18O. The number of carbonyl (C=O) groups excluding carboxylic acids is 1. The molecule has 1 aromatic carbocycles. The lowest BCUT2D eigenvalue weighted by molar-refractivity contribution is -0.118. The second-order valence-electron chi connectivity index (χ2n) is 4.80. The van der Waals surface area contributed by atoms with E-state index in [-0.39, 0.29) is 0 Å². The smallest absolute Gasteiger partial charge is 0.130 e. The second kappa shape index (κ2) is 4.18. The first-order chi connectivity index (χ1) is 7.16. The molecule has 1 nitrogen and oxygen atoms in total. The summed E-state index contributed by atoms with van der Waals surface area (Å²) in [4.78, 5) is 11.0. The van der Waals surface area contributed by atoms with Crippen molar-refractivity contribution in [3.63, 3.8) is 0 Å². The highest BCUT2D eigenvalue weighted by molar-refractivity contribution is 5.75. The van der Waals surface area contributed by atoms with Gasteiger partial charge in [-0.25, -0.2) is 0 Å². The van der Waals surface area contributed by atoms with Gasteiger partial charge in [0.1, 0.15) is 5.78 Å². The zero-order valence-corrected chi connectivity index (χ0v) is 9.49. The van der Waals surface area contributed by atoms with Gasteiger partial charge in [-0.1, -0.05) is 24.3 Å². The highest BCUT2D eigenvalue weighted by Gasteiger charge is 2.31. The van der Waals surface area contributed by atoms with E-state index in [0.717, 1.165) is 6.42 Å². The van der Waals surface area contributed by atoms with Gasteiger partial charge < -0.3 is 4.79 Å². The van der Waals surface area contributed by atoms with E-state index in [9.17, 15) is 4.79 Å². The minimum Gasteiger partial charge on any atom is -0.300 e. The van der Waals surface area contributed by atoms with Crippen LogP contribution in [0.4, 0.5) is 0 Å². The van der Waals surface area contributed by atoms with Crippen LogP contribution in [0, 0.1) is 12.8 Å². The standard InChI is InChI=1S/C14H18O/c1-10-5-3-4-6-14(10)13-8-12(9-13)7-11(2)15/h3-6,12-13H,7-9H2,1-2H3. The van der Waals surface area contributed by atoms with E-state index >= 15 is 0 Å². The summed E-state index contributed by atoms with van der Waals surface area (Å²) in [6.07, 6.45) is 3.18. The summed E-state index contributed by atoms with van der Waals surface area (Å²) >= 11 is 0. The fourth-order valence-corrected chi connectivity index (χ4v) is 2.61. The first-order valence-corrected chi connectivity index (χ1v) is 5.71. The summed E-state index contributed by atoms with van der Waals surface area (Å²) in [7, 11) is 0. The van der Waals surface area contributed by atoms with Crippen LogP contribution < -0.4 is 0 Å². The average molecular weight is 202 g/mol. The minimum atomic E-state index is 0.336. The number of aryl methyl sites for hydroxylation is 1. The van der Waals surface area contributed by atoms with Crippen molar-refractivity contribution in [1.29, 1.82) is 0 Å². The number of benzene rings is 1. The Morgan fingerprint density at radius 1 is 1.33 bits per heavy atom. The molecular weight excluding hydrogens is 184 g/mol. The van der Waals surface area contributed by atoms with E-state index in [1.54, 1.807) is 6.92 Å². The largest absolute Gasteiger partial charge is 0.300 e. The molecule has 1 heteroatoms. The molecule has 0 aromatic heterocycles. The second-order valence-corrected chi connectivity index (χ2v) is 4.80. The number of Topliss-reactive ketones (excluding diaryl/α,β-unsaturated/α-hetero) is 1. The molecule has 0 aliphatic heterocycles. The summed E-state index contributed by atoms with van der Waals surface area (Å²) in [6.45, 7) is 3.87. The van der Waals surface area contributed by atoms with Crippen LogP contribution in [0.2, 0.25) is 0 Å². The van der Waals surface area contributed by atoms with Gasteiger partial charge in [0.15, 0.2) is 0 Å². The number of hydrogen-bond acceptors (Lipinski definition) is 1. The van der Waals surface area contributed by atoms with Gasteiger partial charge in [-0.05, 0) is 49.7 Å². The van der Waals surface area contributed by atoms with Crippen molar-refractivity contribution in [3.05, 3.63) is 35.4 Å². The molecule has 2 rings (SSSR count). The van der Waals surface area contributed by atoms with E-state index in [0.29, 0.717) is 17.6 Å². The molecule has 80 valence electrons. The fourth-order valence-electron chi connectivity index (χ4n) is 2.61. The van der Waals surface area contributed by atoms with Crippen LogP contribution in [0.1, 0.15) is 43.2 Å². The number of rotatable bonds is 3. The van der Waals surface area contributed by atoms with E-state index in [1.165, 1.54) is 24.0 Å². The van der Waals surface area contributed by atoms with E-state index in [4.69, 9.17) is 0 Å². The van der Waals surface area contributed by atoms with Gasteiger partial charge in [-0.2, -0.15) is 0 Å². The van der Waals surface area contributed by atoms with Crippen molar-refractivity contribution < 1.29 is 4.79 Å². The molecule has 0 radical (unpaired) electrons. The van der Waals surface area contributed by atoms with Gasteiger partial charge in [0.05, 0.1) is 0 Å². The highest BCUT2D eigenvalue weighted by Crippen LogP contribution is 2.44. The van der Waals surface area contributed by atoms with Crippen LogP contribution in [0.25, 0.3) is 0 Å². The first-order valence-electron chi connectivity index (χ1n) is 5.71. The molecule has 0 spiro atoms. The minimum absolute atomic E-state index is 0.336. The van der Waals surface area contributed by atoms with Crippen LogP contribution in [-0.4, -0.2) is 5.78 Å². The van der Waals surface area contributed by atoms with Crippen LogP contribution in [0.5, 0.6) is 0 Å². The van der Waals surface area contributed by atoms with E-state index in [2.05, 4.69) is 31.2 Å². The van der Waals surface area contributed by atoms with Crippen molar-refractivity contribution in [1.82, 2.24) is 0 Å². The summed E-state index contributed by atoms with van der Waals surface area (Å²) in [5, 5.41) is 0. The van der Waals surface area contributed by atoms with Gasteiger partial charge in [-0.3, -0.25) is 0 Å².